The number of aryl methyl sites for hydroxylation is 2. The number of amides is 1. The molecule has 3 nitrogen and oxygen atoms in total. The molecule has 24 heavy (non-hydrogen) atoms. The van der Waals surface area contributed by atoms with Crippen LogP contribution in [0, 0.1) is 13.8 Å². The molecule has 2 aromatic carbocycles. The third kappa shape index (κ3) is 6.19. The molecule has 0 fully saturated rings. The number of hydrogen-bond donors (Lipinski definition) is 2. The van der Waals surface area contributed by atoms with E-state index in [2.05, 4.69) is 48.7 Å². The summed E-state index contributed by atoms with van der Waals surface area (Å²) in [5, 5.41) is 5.93. The van der Waals surface area contributed by atoms with E-state index in [0.717, 1.165) is 23.4 Å². The van der Waals surface area contributed by atoms with Crippen molar-refractivity contribution in [2.45, 2.75) is 24.5 Å². The number of halogens is 1. The Bertz CT molecular complexity index is 676. The average molecular weight is 365 g/mol. The van der Waals surface area contributed by atoms with Gasteiger partial charge in [0.15, 0.2) is 0 Å². The Morgan fingerprint density at radius 3 is 2.62 bits per heavy atom. The van der Waals surface area contributed by atoms with Gasteiger partial charge in [0.1, 0.15) is 0 Å². The van der Waals surface area contributed by atoms with Crippen LogP contribution in [0.15, 0.2) is 47.4 Å². The molecule has 2 N–H and O–H groups in total. The normalized spacial score (nSPS) is 10.1. The van der Waals surface area contributed by atoms with Crippen molar-refractivity contribution < 1.29 is 4.79 Å². The lowest BCUT2D eigenvalue weighted by atomic mass is 10.1. The first-order valence-electron chi connectivity index (χ1n) is 7.82. The maximum absolute atomic E-state index is 12.1. The zero-order chi connectivity index (χ0) is 16.7. The summed E-state index contributed by atoms with van der Waals surface area (Å²) in [7, 11) is 1.87. The number of benzene rings is 2. The molecule has 0 aliphatic heterocycles. The van der Waals surface area contributed by atoms with Crippen molar-refractivity contribution in [3.05, 3.63) is 64.7 Å². The number of likely N-dealkylation sites (N-methyl/N-ethyl adjacent to an activating group) is 1. The molecule has 130 valence electrons. The number of carbonyl (C=O) groups excluding carboxylic acids is 1. The maximum Gasteiger partial charge on any atom is 0.251 e. The van der Waals surface area contributed by atoms with E-state index in [1.165, 1.54) is 16.0 Å². The summed E-state index contributed by atoms with van der Waals surface area (Å²) in [5.74, 6) is 0.848. The summed E-state index contributed by atoms with van der Waals surface area (Å²) >= 11 is 1.81. The van der Waals surface area contributed by atoms with Crippen LogP contribution >= 0.6 is 24.2 Å². The molecule has 2 aromatic rings. The number of carbonyl (C=O) groups is 1. The minimum atomic E-state index is -0.0150. The molecule has 1 amide bonds. The van der Waals surface area contributed by atoms with E-state index in [1.807, 2.05) is 37.0 Å². The van der Waals surface area contributed by atoms with Crippen molar-refractivity contribution in [3.8, 4) is 0 Å². The van der Waals surface area contributed by atoms with Crippen LogP contribution in [0.3, 0.4) is 0 Å². The van der Waals surface area contributed by atoms with Crippen LogP contribution < -0.4 is 10.6 Å². The largest absolute Gasteiger partial charge is 0.351 e. The van der Waals surface area contributed by atoms with E-state index < -0.39 is 0 Å². The fourth-order valence-electron chi connectivity index (χ4n) is 2.23. The maximum atomic E-state index is 12.1. The highest BCUT2D eigenvalue weighted by Crippen LogP contribution is 2.27. The van der Waals surface area contributed by atoms with Crippen LogP contribution in [0.5, 0.6) is 0 Å². The van der Waals surface area contributed by atoms with E-state index in [4.69, 9.17) is 0 Å². The molecular formula is C19H25ClN2OS. The van der Waals surface area contributed by atoms with Crippen molar-refractivity contribution >= 4 is 30.1 Å². The summed E-state index contributed by atoms with van der Waals surface area (Å²) < 4.78 is 0. The standard InChI is InChI=1S/C19H24N2OS.ClH/c1-14-7-8-15(2)18(11-14)23-13-16-5-4-6-17(12-16)19(22)21-10-9-20-3;/h4-8,11-12,20H,9-10,13H2,1-3H3,(H,21,22);1H. The fourth-order valence-corrected chi connectivity index (χ4v) is 3.30. The molecule has 0 spiro atoms. The monoisotopic (exact) mass is 364 g/mol. The molecule has 0 atom stereocenters. The summed E-state index contributed by atoms with van der Waals surface area (Å²) in [5.41, 5.74) is 4.45. The van der Waals surface area contributed by atoms with E-state index >= 15 is 0 Å². The molecule has 5 heteroatoms. The summed E-state index contributed by atoms with van der Waals surface area (Å²) in [6, 6.07) is 14.4. The average Bonchev–Trinajstić information content (AvgIpc) is 2.56. The Kier molecular flexibility index (Phi) is 8.90. The van der Waals surface area contributed by atoms with Crippen LogP contribution in [0.2, 0.25) is 0 Å². The molecule has 0 heterocycles. The highest BCUT2D eigenvalue weighted by molar-refractivity contribution is 7.98. The van der Waals surface area contributed by atoms with Gasteiger partial charge in [0.05, 0.1) is 0 Å². The van der Waals surface area contributed by atoms with Crippen LogP contribution in [-0.2, 0) is 5.75 Å². The van der Waals surface area contributed by atoms with Gasteiger partial charge in [-0.1, -0.05) is 29.8 Å². The van der Waals surface area contributed by atoms with Gasteiger partial charge in [-0.25, -0.2) is 0 Å². The highest BCUT2D eigenvalue weighted by Gasteiger charge is 2.06. The van der Waals surface area contributed by atoms with E-state index in [9.17, 15) is 4.79 Å². The van der Waals surface area contributed by atoms with Crippen LogP contribution in [0.1, 0.15) is 27.0 Å². The van der Waals surface area contributed by atoms with Gasteiger partial charge in [-0.15, -0.1) is 24.2 Å². The highest BCUT2D eigenvalue weighted by atomic mass is 35.5. The van der Waals surface area contributed by atoms with Gasteiger partial charge in [-0.3, -0.25) is 4.79 Å². The van der Waals surface area contributed by atoms with Crippen molar-refractivity contribution in [2.24, 2.45) is 0 Å². The number of thioether (sulfide) groups is 1. The first-order valence-corrected chi connectivity index (χ1v) is 8.80. The lowest BCUT2D eigenvalue weighted by Crippen LogP contribution is -2.30. The second-order valence-electron chi connectivity index (χ2n) is 5.62. The second kappa shape index (κ2) is 10.4. The lowest BCUT2D eigenvalue weighted by Gasteiger charge is -2.09. The number of hydrogen-bond acceptors (Lipinski definition) is 3. The SMILES string of the molecule is CNCCNC(=O)c1cccc(CSc2cc(C)ccc2C)c1.Cl. The Hall–Kier alpha value is -1.49. The van der Waals surface area contributed by atoms with E-state index in [1.54, 1.807) is 0 Å². The Morgan fingerprint density at radius 1 is 1.08 bits per heavy atom. The first-order chi connectivity index (χ1) is 11.1. The second-order valence-corrected chi connectivity index (χ2v) is 6.63. The molecule has 0 radical (unpaired) electrons. The molecule has 0 aliphatic rings. The Labute approximate surface area is 155 Å². The predicted molar refractivity (Wildman–Crippen MR) is 105 cm³/mol. The van der Waals surface area contributed by atoms with Crippen molar-refractivity contribution in [1.29, 1.82) is 0 Å². The molecule has 0 unspecified atom stereocenters. The predicted octanol–water partition coefficient (Wildman–Crippen LogP) is 3.97. The molecule has 0 bridgehead atoms. The summed E-state index contributed by atoms with van der Waals surface area (Å²) in [6.45, 7) is 5.65. The van der Waals surface area contributed by atoms with Gasteiger partial charge in [-0.2, -0.15) is 0 Å². The zero-order valence-electron chi connectivity index (χ0n) is 14.4. The topological polar surface area (TPSA) is 41.1 Å². The molecule has 0 saturated carbocycles. The Morgan fingerprint density at radius 2 is 1.88 bits per heavy atom. The zero-order valence-corrected chi connectivity index (χ0v) is 16.0. The third-order valence-corrected chi connectivity index (χ3v) is 4.82. The van der Waals surface area contributed by atoms with Crippen LogP contribution in [-0.4, -0.2) is 26.0 Å². The quantitative estimate of drug-likeness (QED) is 0.577. The van der Waals surface area contributed by atoms with E-state index in [-0.39, 0.29) is 18.3 Å². The van der Waals surface area contributed by atoms with Gasteiger partial charge in [-0.05, 0) is 50.2 Å². The van der Waals surface area contributed by atoms with Crippen molar-refractivity contribution in [2.75, 3.05) is 20.1 Å². The summed E-state index contributed by atoms with van der Waals surface area (Å²) in [4.78, 5) is 13.4. The van der Waals surface area contributed by atoms with Crippen LogP contribution in [0.4, 0.5) is 0 Å². The minimum absolute atomic E-state index is 0. The summed E-state index contributed by atoms with van der Waals surface area (Å²) in [6.07, 6.45) is 0. The molecule has 0 aliphatic carbocycles. The van der Waals surface area contributed by atoms with E-state index in [0.29, 0.717) is 6.54 Å². The molecule has 0 aromatic heterocycles. The number of rotatable bonds is 7. The van der Waals surface area contributed by atoms with Crippen molar-refractivity contribution in [3.63, 3.8) is 0 Å². The molecular weight excluding hydrogens is 340 g/mol. The van der Waals surface area contributed by atoms with Crippen LogP contribution in [0.25, 0.3) is 0 Å². The van der Waals surface area contributed by atoms with Crippen molar-refractivity contribution in [1.82, 2.24) is 10.6 Å². The van der Waals surface area contributed by atoms with Gasteiger partial charge in [0.2, 0.25) is 0 Å². The fraction of sp³-hybridized carbons (Fsp3) is 0.316. The lowest BCUT2D eigenvalue weighted by molar-refractivity contribution is 0.0954. The minimum Gasteiger partial charge on any atom is -0.351 e. The van der Waals surface area contributed by atoms with Gasteiger partial charge in [0.25, 0.3) is 5.91 Å². The Balaban J connectivity index is 0.00000288. The molecule has 2 rings (SSSR count). The van der Waals surface area contributed by atoms with Gasteiger partial charge in [0, 0.05) is 29.3 Å². The molecule has 0 saturated heterocycles. The first kappa shape index (κ1) is 20.6. The van der Waals surface area contributed by atoms with Gasteiger partial charge < -0.3 is 10.6 Å². The smallest absolute Gasteiger partial charge is 0.251 e. The van der Waals surface area contributed by atoms with Gasteiger partial charge >= 0.3 is 0 Å². The third-order valence-electron chi connectivity index (χ3n) is 3.59. The number of nitrogens with one attached hydrogen (secondary N) is 2.